The van der Waals surface area contributed by atoms with E-state index in [1.807, 2.05) is 17.5 Å². The summed E-state index contributed by atoms with van der Waals surface area (Å²) in [7, 11) is 0. The summed E-state index contributed by atoms with van der Waals surface area (Å²) in [5, 5.41) is 9.54. The first-order valence-electron chi connectivity index (χ1n) is 8.85. The Hall–Kier alpha value is -3.52. The van der Waals surface area contributed by atoms with E-state index in [9.17, 15) is 14.4 Å². The molecule has 4 aromatic rings. The first-order chi connectivity index (χ1) is 13.9. The summed E-state index contributed by atoms with van der Waals surface area (Å²) >= 11 is 1.48. The van der Waals surface area contributed by atoms with Gasteiger partial charge in [0.15, 0.2) is 0 Å². The van der Waals surface area contributed by atoms with Crippen molar-refractivity contribution in [1.82, 2.24) is 9.78 Å². The van der Waals surface area contributed by atoms with Gasteiger partial charge in [-0.1, -0.05) is 24.3 Å². The lowest BCUT2D eigenvalue weighted by Crippen LogP contribution is -2.47. The summed E-state index contributed by atoms with van der Waals surface area (Å²) in [5.41, 5.74) is -1.41. The smallest absolute Gasteiger partial charge is 0.360 e. The molecule has 0 radical (unpaired) electrons. The largest absolute Gasteiger partial charge is 0.421 e. The number of carbonyl (C=O) groups is 1. The number of thiophene rings is 1. The average Bonchev–Trinajstić information content (AvgIpc) is 3.23. The Balaban J connectivity index is 1.70. The van der Waals surface area contributed by atoms with Gasteiger partial charge in [-0.2, -0.15) is 5.10 Å². The Morgan fingerprint density at radius 2 is 1.90 bits per heavy atom. The number of carbonyl (C=O) groups excluding carboxylic acids is 1. The minimum Gasteiger partial charge on any atom is -0.421 e. The van der Waals surface area contributed by atoms with Crippen LogP contribution >= 0.6 is 11.3 Å². The molecule has 146 valence electrons. The first kappa shape index (κ1) is 18.8. The lowest BCUT2D eigenvalue weighted by molar-refractivity contribution is -0.123. The standard InChI is InChI=1S/C21H17N3O4S/c1-21(2,24-18(25)10-9-14(23-24)17-8-5-11-29-17)20(27)22-15-12-13-6-3-4-7-16(13)28-19(15)26/h3-12H,1-2H3,(H,22,27). The predicted molar refractivity (Wildman–Crippen MR) is 112 cm³/mol. The molecule has 1 N–H and O–H groups in total. The molecule has 0 atom stereocenters. The third kappa shape index (κ3) is 3.50. The fourth-order valence-corrected chi connectivity index (χ4v) is 3.58. The van der Waals surface area contributed by atoms with Crippen LogP contribution in [0.3, 0.4) is 0 Å². The van der Waals surface area contributed by atoms with Crippen molar-refractivity contribution in [2.45, 2.75) is 19.4 Å². The molecule has 0 saturated heterocycles. The molecule has 7 nitrogen and oxygen atoms in total. The molecule has 0 fully saturated rings. The minimum atomic E-state index is -1.34. The number of rotatable bonds is 4. The van der Waals surface area contributed by atoms with Gasteiger partial charge in [0.25, 0.3) is 11.5 Å². The molecule has 0 bridgehead atoms. The van der Waals surface area contributed by atoms with Crippen molar-refractivity contribution in [3.8, 4) is 10.6 Å². The lowest BCUT2D eigenvalue weighted by Gasteiger charge is -2.25. The molecule has 3 aromatic heterocycles. The monoisotopic (exact) mass is 407 g/mol. The van der Waals surface area contributed by atoms with Gasteiger partial charge in [0, 0.05) is 11.5 Å². The number of benzene rings is 1. The molecule has 0 aliphatic carbocycles. The summed E-state index contributed by atoms with van der Waals surface area (Å²) in [6, 6.07) is 15.3. The van der Waals surface area contributed by atoms with Crippen LogP contribution in [0.25, 0.3) is 21.5 Å². The van der Waals surface area contributed by atoms with Crippen LogP contribution in [0.5, 0.6) is 0 Å². The van der Waals surface area contributed by atoms with Crippen LogP contribution in [0, 0.1) is 0 Å². The second-order valence-corrected chi connectivity index (χ2v) is 7.89. The van der Waals surface area contributed by atoms with Gasteiger partial charge in [-0.15, -0.1) is 11.3 Å². The Labute approximate surface area is 169 Å². The molecule has 29 heavy (non-hydrogen) atoms. The molecule has 0 unspecified atom stereocenters. The number of para-hydroxylation sites is 1. The highest BCUT2D eigenvalue weighted by atomic mass is 32.1. The number of anilines is 1. The normalized spacial score (nSPS) is 11.5. The van der Waals surface area contributed by atoms with E-state index in [0.717, 1.165) is 9.56 Å². The molecule has 3 heterocycles. The highest BCUT2D eigenvalue weighted by molar-refractivity contribution is 7.13. The Morgan fingerprint density at radius 3 is 2.66 bits per heavy atom. The van der Waals surface area contributed by atoms with Gasteiger partial charge >= 0.3 is 5.63 Å². The number of amides is 1. The van der Waals surface area contributed by atoms with Gasteiger partial charge in [0.1, 0.15) is 22.5 Å². The van der Waals surface area contributed by atoms with E-state index in [0.29, 0.717) is 16.7 Å². The van der Waals surface area contributed by atoms with Gasteiger partial charge in [-0.05, 0) is 43.5 Å². The van der Waals surface area contributed by atoms with E-state index in [2.05, 4.69) is 10.4 Å². The van der Waals surface area contributed by atoms with Crippen LogP contribution in [-0.4, -0.2) is 15.7 Å². The maximum Gasteiger partial charge on any atom is 0.360 e. The molecule has 0 aliphatic heterocycles. The van der Waals surface area contributed by atoms with Crippen LogP contribution < -0.4 is 16.5 Å². The average molecular weight is 407 g/mol. The molecule has 8 heteroatoms. The topological polar surface area (TPSA) is 94.2 Å². The van der Waals surface area contributed by atoms with E-state index in [1.54, 1.807) is 50.2 Å². The van der Waals surface area contributed by atoms with Crippen molar-refractivity contribution in [3.63, 3.8) is 0 Å². The maximum absolute atomic E-state index is 13.0. The van der Waals surface area contributed by atoms with Gasteiger partial charge in [0.2, 0.25) is 0 Å². The molecular weight excluding hydrogens is 390 g/mol. The quantitative estimate of drug-likeness (QED) is 0.523. The van der Waals surface area contributed by atoms with Crippen molar-refractivity contribution in [3.05, 3.63) is 80.8 Å². The zero-order valence-corrected chi connectivity index (χ0v) is 16.5. The number of nitrogens with one attached hydrogen (secondary N) is 1. The van der Waals surface area contributed by atoms with E-state index < -0.39 is 22.6 Å². The van der Waals surface area contributed by atoms with Crippen molar-refractivity contribution in [2.75, 3.05) is 5.32 Å². The molecular formula is C21H17N3O4S. The van der Waals surface area contributed by atoms with Crippen molar-refractivity contribution >= 4 is 33.9 Å². The Morgan fingerprint density at radius 1 is 1.10 bits per heavy atom. The van der Waals surface area contributed by atoms with Crippen LogP contribution in [0.4, 0.5) is 5.69 Å². The number of nitrogens with zero attached hydrogens (tertiary/aromatic N) is 2. The summed E-state index contributed by atoms with van der Waals surface area (Å²) < 4.78 is 6.38. The molecule has 0 spiro atoms. The van der Waals surface area contributed by atoms with Gasteiger partial charge in [0.05, 0.1) is 4.88 Å². The summed E-state index contributed by atoms with van der Waals surface area (Å²) in [4.78, 5) is 38.5. The number of fused-ring (bicyclic) bond motifs is 1. The molecule has 4 rings (SSSR count). The van der Waals surface area contributed by atoms with E-state index >= 15 is 0 Å². The molecule has 0 saturated carbocycles. The summed E-state index contributed by atoms with van der Waals surface area (Å²) in [6.07, 6.45) is 0. The summed E-state index contributed by atoms with van der Waals surface area (Å²) in [5.74, 6) is -0.557. The van der Waals surface area contributed by atoms with Crippen LogP contribution in [-0.2, 0) is 10.3 Å². The van der Waals surface area contributed by atoms with Crippen molar-refractivity contribution < 1.29 is 9.21 Å². The van der Waals surface area contributed by atoms with Crippen LogP contribution in [0.2, 0.25) is 0 Å². The van der Waals surface area contributed by atoms with Crippen LogP contribution in [0.1, 0.15) is 13.8 Å². The highest BCUT2D eigenvalue weighted by Crippen LogP contribution is 2.23. The van der Waals surface area contributed by atoms with E-state index in [4.69, 9.17) is 4.42 Å². The second kappa shape index (κ2) is 7.14. The van der Waals surface area contributed by atoms with Gasteiger partial charge in [-0.25, -0.2) is 9.48 Å². The minimum absolute atomic E-state index is 0.00392. The maximum atomic E-state index is 13.0. The number of aromatic nitrogens is 2. The lowest BCUT2D eigenvalue weighted by atomic mass is 10.0. The third-order valence-electron chi connectivity index (χ3n) is 4.55. The van der Waals surface area contributed by atoms with Crippen LogP contribution in [0.15, 0.2) is 74.0 Å². The summed E-state index contributed by atoms with van der Waals surface area (Å²) in [6.45, 7) is 3.13. The fraction of sp³-hybridized carbons (Fsp3) is 0.143. The second-order valence-electron chi connectivity index (χ2n) is 6.94. The SMILES string of the molecule is CC(C)(C(=O)Nc1cc2ccccc2oc1=O)n1nc(-c2cccs2)ccc1=O. The molecule has 1 aromatic carbocycles. The highest BCUT2D eigenvalue weighted by Gasteiger charge is 2.33. The Kier molecular flexibility index (Phi) is 4.63. The predicted octanol–water partition coefficient (Wildman–Crippen LogP) is 3.45. The first-order valence-corrected chi connectivity index (χ1v) is 9.73. The third-order valence-corrected chi connectivity index (χ3v) is 5.44. The van der Waals surface area contributed by atoms with E-state index in [-0.39, 0.29) is 5.69 Å². The van der Waals surface area contributed by atoms with Gasteiger partial charge in [-0.3, -0.25) is 9.59 Å². The molecule has 1 amide bonds. The molecule has 0 aliphatic rings. The fourth-order valence-electron chi connectivity index (χ4n) is 2.89. The van der Waals surface area contributed by atoms with Gasteiger partial charge < -0.3 is 9.73 Å². The Bertz CT molecular complexity index is 1320. The zero-order chi connectivity index (χ0) is 20.6. The number of hydrogen-bond donors (Lipinski definition) is 1. The number of hydrogen-bond acceptors (Lipinski definition) is 6. The zero-order valence-electron chi connectivity index (χ0n) is 15.7. The van der Waals surface area contributed by atoms with Crippen molar-refractivity contribution in [2.24, 2.45) is 0 Å². The van der Waals surface area contributed by atoms with Crippen molar-refractivity contribution in [1.29, 1.82) is 0 Å². The van der Waals surface area contributed by atoms with E-state index in [1.165, 1.54) is 17.4 Å².